The largest absolute Gasteiger partial charge is 0.352 e. The van der Waals surface area contributed by atoms with Crippen molar-refractivity contribution in [1.29, 1.82) is 0 Å². The topological polar surface area (TPSA) is 82.6 Å². The second kappa shape index (κ2) is 9.30. The third-order valence-corrected chi connectivity index (χ3v) is 5.05. The van der Waals surface area contributed by atoms with Crippen molar-refractivity contribution in [2.75, 3.05) is 14.1 Å². The van der Waals surface area contributed by atoms with Crippen LogP contribution in [0.25, 0.3) is 0 Å². The number of hydrogen-bond acceptors (Lipinski definition) is 3. The highest BCUT2D eigenvalue weighted by atomic mass is 32.2. The molecule has 26 heavy (non-hydrogen) atoms. The Labute approximate surface area is 153 Å². The number of guanidine groups is 1. The lowest BCUT2D eigenvalue weighted by Gasteiger charge is -2.13. The first-order valence-electron chi connectivity index (χ1n) is 8.10. The molecule has 2 aromatic carbocycles. The molecule has 0 bridgehead atoms. The molecule has 0 heterocycles. The van der Waals surface area contributed by atoms with Gasteiger partial charge in [0.25, 0.3) is 0 Å². The van der Waals surface area contributed by atoms with Gasteiger partial charge in [-0.15, -0.1) is 0 Å². The SMILES string of the molecule is CN=C(NCc1ccc(F)cc1)NCc1cccc(CS(=O)(=O)NC)c1. The molecule has 140 valence electrons. The number of rotatable bonds is 7. The van der Waals surface area contributed by atoms with Crippen LogP contribution < -0.4 is 15.4 Å². The zero-order valence-corrected chi connectivity index (χ0v) is 15.6. The molecule has 0 aliphatic rings. The van der Waals surface area contributed by atoms with Gasteiger partial charge in [-0.25, -0.2) is 17.5 Å². The van der Waals surface area contributed by atoms with Crippen LogP contribution in [0, 0.1) is 5.82 Å². The second-order valence-electron chi connectivity index (χ2n) is 5.69. The van der Waals surface area contributed by atoms with Crippen LogP contribution in [-0.2, 0) is 28.9 Å². The molecule has 0 aromatic heterocycles. The first kappa shape index (κ1) is 19.9. The van der Waals surface area contributed by atoms with Crippen molar-refractivity contribution in [2.45, 2.75) is 18.8 Å². The maximum Gasteiger partial charge on any atom is 0.215 e. The Balaban J connectivity index is 1.90. The number of aliphatic imine (C=N–C) groups is 1. The lowest BCUT2D eigenvalue weighted by Crippen LogP contribution is -2.36. The summed E-state index contributed by atoms with van der Waals surface area (Å²) in [4.78, 5) is 4.15. The molecular formula is C18H23FN4O2S. The van der Waals surface area contributed by atoms with Crippen LogP contribution in [0.5, 0.6) is 0 Å². The smallest absolute Gasteiger partial charge is 0.215 e. The van der Waals surface area contributed by atoms with Gasteiger partial charge < -0.3 is 10.6 Å². The molecule has 6 nitrogen and oxygen atoms in total. The zero-order chi connectivity index (χ0) is 19.0. The Morgan fingerprint density at radius 3 is 2.23 bits per heavy atom. The van der Waals surface area contributed by atoms with E-state index >= 15 is 0 Å². The van der Waals surface area contributed by atoms with Gasteiger partial charge in [0.1, 0.15) is 5.82 Å². The molecule has 0 aliphatic carbocycles. The molecule has 0 atom stereocenters. The summed E-state index contributed by atoms with van der Waals surface area (Å²) in [5, 5.41) is 6.32. The third kappa shape index (κ3) is 6.45. The van der Waals surface area contributed by atoms with E-state index in [1.165, 1.54) is 19.2 Å². The van der Waals surface area contributed by atoms with E-state index in [-0.39, 0.29) is 11.6 Å². The van der Waals surface area contributed by atoms with Crippen molar-refractivity contribution in [3.8, 4) is 0 Å². The van der Waals surface area contributed by atoms with Crippen molar-refractivity contribution >= 4 is 16.0 Å². The Morgan fingerprint density at radius 2 is 1.62 bits per heavy atom. The fourth-order valence-corrected chi connectivity index (χ4v) is 3.08. The summed E-state index contributed by atoms with van der Waals surface area (Å²) in [5.74, 6) is 0.272. The molecule has 0 unspecified atom stereocenters. The number of hydrogen-bond donors (Lipinski definition) is 3. The van der Waals surface area contributed by atoms with Crippen LogP contribution >= 0.6 is 0 Å². The summed E-state index contributed by atoms with van der Waals surface area (Å²) in [7, 11) is -0.238. The number of sulfonamides is 1. The first-order valence-corrected chi connectivity index (χ1v) is 9.75. The summed E-state index contributed by atoms with van der Waals surface area (Å²) in [6.07, 6.45) is 0. The lowest BCUT2D eigenvalue weighted by molar-refractivity contribution is 0.587. The molecule has 0 saturated carbocycles. The van der Waals surface area contributed by atoms with Gasteiger partial charge in [-0.2, -0.15) is 0 Å². The van der Waals surface area contributed by atoms with Gasteiger partial charge in [0.05, 0.1) is 5.75 Å². The second-order valence-corrected chi connectivity index (χ2v) is 7.62. The first-order chi connectivity index (χ1) is 12.4. The van der Waals surface area contributed by atoms with Crippen LogP contribution in [0.15, 0.2) is 53.5 Å². The van der Waals surface area contributed by atoms with E-state index in [1.807, 2.05) is 18.2 Å². The summed E-state index contributed by atoms with van der Waals surface area (Å²) in [6, 6.07) is 13.6. The summed E-state index contributed by atoms with van der Waals surface area (Å²) < 4.78 is 38.5. The van der Waals surface area contributed by atoms with Gasteiger partial charge >= 0.3 is 0 Å². The van der Waals surface area contributed by atoms with Crippen LogP contribution in [-0.4, -0.2) is 28.5 Å². The fourth-order valence-electron chi connectivity index (χ4n) is 2.32. The molecule has 0 radical (unpaired) electrons. The maximum absolute atomic E-state index is 12.9. The third-order valence-electron chi connectivity index (χ3n) is 3.72. The van der Waals surface area contributed by atoms with Crippen LogP contribution in [0.2, 0.25) is 0 Å². The van der Waals surface area contributed by atoms with Crippen molar-refractivity contribution in [1.82, 2.24) is 15.4 Å². The van der Waals surface area contributed by atoms with Crippen LogP contribution in [0.1, 0.15) is 16.7 Å². The van der Waals surface area contributed by atoms with Crippen molar-refractivity contribution in [2.24, 2.45) is 4.99 Å². The number of benzene rings is 2. The average molecular weight is 378 g/mol. The maximum atomic E-state index is 12.9. The van der Waals surface area contributed by atoms with Gasteiger partial charge in [0.15, 0.2) is 5.96 Å². The predicted molar refractivity (Wildman–Crippen MR) is 102 cm³/mol. The van der Waals surface area contributed by atoms with Crippen molar-refractivity contribution in [3.05, 3.63) is 71.0 Å². The molecule has 8 heteroatoms. The molecule has 2 rings (SSSR count). The number of nitrogens with zero attached hydrogens (tertiary/aromatic N) is 1. The van der Waals surface area contributed by atoms with Crippen molar-refractivity contribution < 1.29 is 12.8 Å². The molecule has 0 fully saturated rings. The Kier molecular flexibility index (Phi) is 7.11. The minimum absolute atomic E-state index is 0.0606. The van der Waals surface area contributed by atoms with Gasteiger partial charge in [0.2, 0.25) is 10.0 Å². The summed E-state index contributed by atoms with van der Waals surface area (Å²) in [6.45, 7) is 1.01. The Bertz CT molecular complexity index is 852. The zero-order valence-electron chi connectivity index (χ0n) is 14.8. The van der Waals surface area contributed by atoms with E-state index in [0.29, 0.717) is 24.6 Å². The number of halogens is 1. The van der Waals surface area contributed by atoms with E-state index in [0.717, 1.165) is 11.1 Å². The van der Waals surface area contributed by atoms with E-state index in [2.05, 4.69) is 20.3 Å². The molecule has 0 aliphatic heterocycles. The van der Waals surface area contributed by atoms with Crippen molar-refractivity contribution in [3.63, 3.8) is 0 Å². The summed E-state index contributed by atoms with van der Waals surface area (Å²) >= 11 is 0. The molecule has 0 saturated heterocycles. The minimum Gasteiger partial charge on any atom is -0.352 e. The van der Waals surface area contributed by atoms with Gasteiger partial charge in [-0.3, -0.25) is 4.99 Å². The van der Waals surface area contributed by atoms with E-state index in [1.54, 1.807) is 25.2 Å². The highest BCUT2D eigenvalue weighted by Crippen LogP contribution is 2.08. The molecular weight excluding hydrogens is 355 g/mol. The molecule has 0 amide bonds. The fraction of sp³-hybridized carbons (Fsp3) is 0.278. The number of nitrogens with one attached hydrogen (secondary N) is 3. The van der Waals surface area contributed by atoms with E-state index in [4.69, 9.17) is 0 Å². The van der Waals surface area contributed by atoms with Crippen LogP contribution in [0.4, 0.5) is 4.39 Å². The monoisotopic (exact) mass is 378 g/mol. The molecule has 2 aromatic rings. The normalized spacial score (nSPS) is 12.0. The van der Waals surface area contributed by atoms with Gasteiger partial charge in [-0.05, 0) is 35.9 Å². The highest BCUT2D eigenvalue weighted by molar-refractivity contribution is 7.88. The Hall–Kier alpha value is -2.45. The predicted octanol–water partition coefficient (Wildman–Crippen LogP) is 1.74. The minimum atomic E-state index is -3.30. The van der Waals surface area contributed by atoms with Gasteiger partial charge in [-0.1, -0.05) is 36.4 Å². The Morgan fingerprint density at radius 1 is 1.00 bits per heavy atom. The summed E-state index contributed by atoms with van der Waals surface area (Å²) in [5.41, 5.74) is 2.60. The standard InChI is InChI=1S/C18H23FN4O2S/c1-20-18(22-11-14-6-8-17(19)9-7-14)23-12-15-4-3-5-16(10-15)13-26(24,25)21-2/h3-10,21H,11-13H2,1-2H3,(H2,20,22,23). The quantitative estimate of drug-likeness (QED) is 0.506. The van der Waals surface area contributed by atoms with Gasteiger partial charge in [0, 0.05) is 20.1 Å². The van der Waals surface area contributed by atoms with E-state index in [9.17, 15) is 12.8 Å². The molecule has 3 N–H and O–H groups in total. The van der Waals surface area contributed by atoms with Crippen LogP contribution in [0.3, 0.4) is 0 Å². The average Bonchev–Trinajstić information content (AvgIpc) is 2.63. The highest BCUT2D eigenvalue weighted by Gasteiger charge is 2.09. The van der Waals surface area contributed by atoms with E-state index < -0.39 is 10.0 Å². The lowest BCUT2D eigenvalue weighted by atomic mass is 10.1. The molecule has 0 spiro atoms.